The van der Waals surface area contributed by atoms with Gasteiger partial charge in [-0.15, -0.1) is 10.2 Å². The van der Waals surface area contributed by atoms with E-state index in [9.17, 15) is 13.2 Å². The molecule has 1 atom stereocenters. The number of nitrogens with zero attached hydrogens (tertiary/aromatic N) is 3. The molecule has 0 bridgehead atoms. The molecule has 1 aromatic heterocycles. The van der Waals surface area contributed by atoms with E-state index in [-0.39, 0.29) is 11.4 Å². The normalized spacial score (nSPS) is 15.6. The molecule has 4 rings (SSSR count). The number of anilines is 2. The van der Waals surface area contributed by atoms with Crippen LogP contribution in [0.2, 0.25) is 0 Å². The molecule has 0 saturated heterocycles. The Balaban J connectivity index is 1.61. The highest BCUT2D eigenvalue weighted by Crippen LogP contribution is 2.38. The summed E-state index contributed by atoms with van der Waals surface area (Å²) in [6.45, 7) is 5.69. The van der Waals surface area contributed by atoms with Gasteiger partial charge in [0.25, 0.3) is 15.9 Å². The maximum atomic E-state index is 13.5. The number of nitrogens with one attached hydrogen (secondary N) is 1. The number of amides is 1. The molecule has 33 heavy (non-hydrogen) atoms. The average Bonchev–Trinajstić information content (AvgIpc) is 3.24. The maximum Gasteiger partial charge on any atom is 0.269 e. The molecule has 2 heterocycles. The number of benzene rings is 2. The quantitative estimate of drug-likeness (QED) is 0.379. The lowest BCUT2D eigenvalue weighted by Gasteiger charge is -2.34. The fourth-order valence-corrected chi connectivity index (χ4v) is 6.41. The first-order chi connectivity index (χ1) is 15.8. The molecule has 0 saturated carbocycles. The Labute approximate surface area is 201 Å². The van der Waals surface area contributed by atoms with Crippen LogP contribution in [0, 0.1) is 13.8 Å². The zero-order valence-electron chi connectivity index (χ0n) is 18.4. The van der Waals surface area contributed by atoms with Crippen LogP contribution in [0.3, 0.4) is 0 Å². The minimum absolute atomic E-state index is 0.155. The summed E-state index contributed by atoms with van der Waals surface area (Å²) in [5.41, 5.74) is 2.25. The smallest absolute Gasteiger partial charge is 0.269 e. The third-order valence-corrected chi connectivity index (χ3v) is 8.92. The highest BCUT2D eigenvalue weighted by molar-refractivity contribution is 8.01. The van der Waals surface area contributed by atoms with Gasteiger partial charge in [-0.2, -0.15) is 0 Å². The van der Waals surface area contributed by atoms with Gasteiger partial charge in [-0.1, -0.05) is 53.8 Å². The number of hydrogen-bond acceptors (Lipinski definition) is 8. The number of carbonyl (C=O) groups is 1. The molecule has 2 aromatic carbocycles. The van der Waals surface area contributed by atoms with Crippen molar-refractivity contribution < 1.29 is 17.9 Å². The van der Waals surface area contributed by atoms with Crippen molar-refractivity contribution in [3.63, 3.8) is 0 Å². The molecule has 0 aliphatic carbocycles. The van der Waals surface area contributed by atoms with E-state index in [4.69, 9.17) is 4.74 Å². The molecule has 1 aliphatic rings. The van der Waals surface area contributed by atoms with Gasteiger partial charge in [0.1, 0.15) is 5.75 Å². The van der Waals surface area contributed by atoms with Crippen LogP contribution in [-0.4, -0.2) is 42.9 Å². The molecule has 8 nitrogen and oxygen atoms in total. The second-order valence-electron chi connectivity index (χ2n) is 7.64. The van der Waals surface area contributed by atoms with E-state index >= 15 is 0 Å². The lowest BCUT2D eigenvalue weighted by Crippen LogP contribution is -2.48. The number of ether oxygens (including phenoxy) is 1. The summed E-state index contributed by atoms with van der Waals surface area (Å²) in [6, 6.07) is 11.9. The van der Waals surface area contributed by atoms with Gasteiger partial charge in [-0.3, -0.25) is 14.4 Å². The summed E-state index contributed by atoms with van der Waals surface area (Å²) in [7, 11) is -3.91. The molecule has 3 aromatic rings. The number of carbonyl (C=O) groups excluding carboxylic acids is 1. The minimum Gasteiger partial charge on any atom is -0.476 e. The average molecular weight is 505 g/mol. The Morgan fingerprint density at radius 1 is 1.18 bits per heavy atom. The van der Waals surface area contributed by atoms with Crippen LogP contribution < -0.4 is 14.4 Å². The number of aromatic nitrogens is 2. The predicted molar refractivity (Wildman–Crippen MR) is 131 cm³/mol. The molecular formula is C22H24N4O4S3. The van der Waals surface area contributed by atoms with E-state index in [0.717, 1.165) is 27.6 Å². The Bertz CT molecular complexity index is 1260. The van der Waals surface area contributed by atoms with Gasteiger partial charge in [-0.05, 0) is 50.1 Å². The second-order valence-corrected chi connectivity index (χ2v) is 11.8. The van der Waals surface area contributed by atoms with Crippen LogP contribution in [-0.2, 0) is 14.8 Å². The van der Waals surface area contributed by atoms with Crippen LogP contribution in [0.1, 0.15) is 24.5 Å². The first-order valence-electron chi connectivity index (χ1n) is 10.4. The second kappa shape index (κ2) is 9.70. The first kappa shape index (κ1) is 23.5. The topological polar surface area (TPSA) is 101 Å². The number of rotatable bonds is 7. The number of thioether (sulfide) groups is 1. The molecule has 1 amide bonds. The number of hydrogen-bond donors (Lipinski definition) is 1. The third kappa shape index (κ3) is 5.15. The molecule has 174 valence electrons. The molecule has 1 N–H and O–H groups in total. The fourth-order valence-electron chi connectivity index (χ4n) is 3.26. The van der Waals surface area contributed by atoms with Crippen LogP contribution in [0.4, 0.5) is 10.8 Å². The first-order valence-corrected chi connectivity index (χ1v) is 13.7. The zero-order valence-corrected chi connectivity index (χ0v) is 20.9. The van der Waals surface area contributed by atoms with E-state index in [1.165, 1.54) is 15.6 Å². The Morgan fingerprint density at radius 2 is 1.91 bits per heavy atom. The lowest BCUT2D eigenvalue weighted by molar-refractivity contribution is -0.122. The van der Waals surface area contributed by atoms with Gasteiger partial charge in [0.05, 0.1) is 17.1 Å². The van der Waals surface area contributed by atoms with Crippen molar-refractivity contribution in [3.05, 3.63) is 53.6 Å². The largest absolute Gasteiger partial charge is 0.476 e. The fraction of sp³-hybridized carbons (Fsp3) is 0.318. The molecule has 11 heteroatoms. The summed E-state index contributed by atoms with van der Waals surface area (Å²) in [6.07, 6.45) is -0.0402. The third-order valence-electron chi connectivity index (χ3n) is 4.95. The monoisotopic (exact) mass is 504 g/mol. The highest BCUT2D eigenvalue weighted by Gasteiger charge is 2.38. The van der Waals surface area contributed by atoms with Crippen molar-refractivity contribution in [2.24, 2.45) is 0 Å². The van der Waals surface area contributed by atoms with Gasteiger partial charge in [0.15, 0.2) is 10.4 Å². The van der Waals surface area contributed by atoms with Gasteiger partial charge < -0.3 is 4.74 Å². The van der Waals surface area contributed by atoms with E-state index in [2.05, 4.69) is 22.4 Å². The van der Waals surface area contributed by atoms with Crippen molar-refractivity contribution in [3.8, 4) is 5.75 Å². The van der Waals surface area contributed by atoms with Crippen LogP contribution >= 0.6 is 23.1 Å². The van der Waals surface area contributed by atoms with Crippen LogP contribution in [0.15, 0.2) is 51.7 Å². The highest BCUT2D eigenvalue weighted by atomic mass is 32.2. The molecule has 0 fully saturated rings. The predicted octanol–water partition coefficient (Wildman–Crippen LogP) is 4.25. The van der Waals surface area contributed by atoms with Gasteiger partial charge in [-0.25, -0.2) is 8.42 Å². The maximum absolute atomic E-state index is 13.5. The summed E-state index contributed by atoms with van der Waals surface area (Å²) in [5, 5.41) is 11.2. The van der Waals surface area contributed by atoms with Crippen molar-refractivity contribution in [1.29, 1.82) is 0 Å². The van der Waals surface area contributed by atoms with Crippen molar-refractivity contribution in [2.75, 3.05) is 21.9 Å². The molecular weight excluding hydrogens is 480 g/mol. The Hall–Kier alpha value is -2.63. The van der Waals surface area contributed by atoms with Crippen molar-refractivity contribution >= 4 is 49.8 Å². The zero-order chi connectivity index (χ0) is 23.6. The minimum atomic E-state index is -3.91. The van der Waals surface area contributed by atoms with Gasteiger partial charge in [0.2, 0.25) is 5.13 Å². The Kier molecular flexibility index (Phi) is 6.91. The van der Waals surface area contributed by atoms with E-state index in [0.29, 0.717) is 16.6 Å². The molecule has 1 aliphatic heterocycles. The standard InChI is InChI=1S/C22H24N4O4S3/c1-4-11-31-22-25-24-21(32-22)23-20(27)19-13-26(17-10-7-15(3)12-18(17)30-19)33(28,29)16-8-5-14(2)6-9-16/h5-10,12,19H,4,11,13H2,1-3H3,(H,23,24,27)/t19-/m0/s1. The summed E-state index contributed by atoms with van der Waals surface area (Å²) in [4.78, 5) is 13.2. The lowest BCUT2D eigenvalue weighted by atomic mass is 10.1. The summed E-state index contributed by atoms with van der Waals surface area (Å²) >= 11 is 2.85. The summed E-state index contributed by atoms with van der Waals surface area (Å²) in [5.74, 6) is 0.777. The van der Waals surface area contributed by atoms with E-state index in [1.54, 1.807) is 48.2 Å². The van der Waals surface area contributed by atoms with Gasteiger partial charge >= 0.3 is 0 Å². The van der Waals surface area contributed by atoms with E-state index in [1.807, 2.05) is 19.9 Å². The van der Waals surface area contributed by atoms with E-state index < -0.39 is 22.0 Å². The molecule has 0 unspecified atom stereocenters. The number of fused-ring (bicyclic) bond motifs is 1. The number of sulfonamides is 1. The van der Waals surface area contributed by atoms with Crippen molar-refractivity contribution in [2.45, 2.75) is 42.5 Å². The Morgan fingerprint density at radius 3 is 2.64 bits per heavy atom. The van der Waals surface area contributed by atoms with Crippen LogP contribution in [0.25, 0.3) is 0 Å². The number of aryl methyl sites for hydroxylation is 2. The summed E-state index contributed by atoms with van der Waals surface area (Å²) < 4.78 is 34.9. The molecule has 0 radical (unpaired) electrons. The van der Waals surface area contributed by atoms with Crippen LogP contribution in [0.5, 0.6) is 5.75 Å². The van der Waals surface area contributed by atoms with Crippen molar-refractivity contribution in [1.82, 2.24) is 10.2 Å². The SMILES string of the molecule is CCCSc1nnc(NC(=O)[C@@H]2CN(S(=O)(=O)c3ccc(C)cc3)c3ccc(C)cc3O2)s1. The molecule has 0 spiro atoms. The van der Waals surface area contributed by atoms with Gasteiger partial charge in [0, 0.05) is 5.75 Å².